The number of carbonyl (C=O) groups is 2. The third-order valence-corrected chi connectivity index (χ3v) is 5.33. The fraction of sp³-hybridized carbons (Fsp3) is 0.364. The molecule has 146 valence electrons. The van der Waals surface area contributed by atoms with E-state index in [2.05, 4.69) is 11.4 Å². The van der Waals surface area contributed by atoms with Crippen LogP contribution >= 0.6 is 0 Å². The Bertz CT molecular complexity index is 1040. The summed E-state index contributed by atoms with van der Waals surface area (Å²) >= 11 is 0. The van der Waals surface area contributed by atoms with Gasteiger partial charge in [0.25, 0.3) is 5.91 Å². The van der Waals surface area contributed by atoms with Gasteiger partial charge in [0.05, 0.1) is 6.61 Å². The quantitative estimate of drug-likeness (QED) is 0.737. The SMILES string of the molecule is CCOC(=O)N[C@H]1CCCN(C(=O)c2oc3c(ccc4ccccc43)c2C)C1. The van der Waals surface area contributed by atoms with Crippen LogP contribution in [0.2, 0.25) is 0 Å². The van der Waals surface area contributed by atoms with Gasteiger partial charge in [0.1, 0.15) is 5.58 Å². The minimum atomic E-state index is -0.437. The highest BCUT2D eigenvalue weighted by atomic mass is 16.5. The van der Waals surface area contributed by atoms with Gasteiger partial charge in [-0.25, -0.2) is 4.79 Å². The summed E-state index contributed by atoms with van der Waals surface area (Å²) in [5.41, 5.74) is 1.60. The number of hydrogen-bond acceptors (Lipinski definition) is 4. The molecule has 1 N–H and O–H groups in total. The van der Waals surface area contributed by atoms with Crippen LogP contribution in [0.1, 0.15) is 35.9 Å². The van der Waals surface area contributed by atoms with Gasteiger partial charge in [0.2, 0.25) is 0 Å². The van der Waals surface area contributed by atoms with Crippen molar-refractivity contribution in [3.63, 3.8) is 0 Å². The van der Waals surface area contributed by atoms with E-state index in [1.54, 1.807) is 11.8 Å². The fourth-order valence-electron chi connectivity index (χ4n) is 3.92. The van der Waals surface area contributed by atoms with E-state index < -0.39 is 6.09 Å². The molecule has 1 aliphatic heterocycles. The molecule has 0 unspecified atom stereocenters. The Morgan fingerprint density at radius 3 is 2.86 bits per heavy atom. The van der Waals surface area contributed by atoms with Crippen molar-refractivity contribution >= 4 is 33.7 Å². The van der Waals surface area contributed by atoms with Gasteiger partial charge < -0.3 is 19.4 Å². The molecule has 1 fully saturated rings. The first kappa shape index (κ1) is 18.3. The molecule has 0 spiro atoms. The number of rotatable bonds is 3. The van der Waals surface area contributed by atoms with E-state index in [9.17, 15) is 9.59 Å². The molecule has 0 aliphatic carbocycles. The summed E-state index contributed by atoms with van der Waals surface area (Å²) in [5.74, 6) is 0.247. The smallest absolute Gasteiger partial charge is 0.407 e. The first-order valence-electron chi connectivity index (χ1n) is 9.72. The molecule has 28 heavy (non-hydrogen) atoms. The highest BCUT2D eigenvalue weighted by Gasteiger charge is 2.29. The predicted octanol–water partition coefficient (Wildman–Crippen LogP) is 4.25. The van der Waals surface area contributed by atoms with Gasteiger partial charge in [0.15, 0.2) is 5.76 Å². The zero-order valence-electron chi connectivity index (χ0n) is 16.2. The van der Waals surface area contributed by atoms with Gasteiger partial charge in [-0.05, 0) is 32.1 Å². The number of hydrogen-bond donors (Lipinski definition) is 1. The summed E-state index contributed by atoms with van der Waals surface area (Å²) in [6, 6.07) is 11.9. The summed E-state index contributed by atoms with van der Waals surface area (Å²) in [7, 11) is 0. The van der Waals surface area contributed by atoms with Crippen molar-refractivity contribution in [1.82, 2.24) is 10.2 Å². The molecule has 2 amide bonds. The second-order valence-electron chi connectivity index (χ2n) is 7.17. The zero-order valence-corrected chi connectivity index (χ0v) is 16.2. The van der Waals surface area contributed by atoms with E-state index in [1.807, 2.05) is 37.3 Å². The van der Waals surface area contributed by atoms with Crippen LogP contribution in [-0.2, 0) is 4.74 Å². The summed E-state index contributed by atoms with van der Waals surface area (Å²) in [4.78, 5) is 26.6. The van der Waals surface area contributed by atoms with E-state index in [1.165, 1.54) is 0 Å². The molecule has 0 radical (unpaired) electrons. The number of alkyl carbamates (subject to hydrolysis) is 1. The molecular weight excluding hydrogens is 356 g/mol. The van der Waals surface area contributed by atoms with Crippen molar-refractivity contribution in [1.29, 1.82) is 0 Å². The molecular formula is C22H24N2O4. The molecule has 0 saturated carbocycles. The molecule has 6 nitrogen and oxygen atoms in total. The van der Waals surface area contributed by atoms with E-state index in [0.717, 1.165) is 40.1 Å². The average Bonchev–Trinajstić information content (AvgIpc) is 3.05. The van der Waals surface area contributed by atoms with Crippen molar-refractivity contribution in [2.75, 3.05) is 19.7 Å². The maximum absolute atomic E-state index is 13.2. The van der Waals surface area contributed by atoms with Crippen molar-refractivity contribution in [3.8, 4) is 0 Å². The Morgan fingerprint density at radius 2 is 2.04 bits per heavy atom. The fourth-order valence-corrected chi connectivity index (χ4v) is 3.92. The Hall–Kier alpha value is -3.02. The molecule has 1 atom stereocenters. The molecule has 1 aliphatic rings. The lowest BCUT2D eigenvalue weighted by molar-refractivity contribution is 0.0656. The van der Waals surface area contributed by atoms with Gasteiger partial charge in [-0.2, -0.15) is 0 Å². The van der Waals surface area contributed by atoms with E-state index in [0.29, 0.717) is 25.5 Å². The maximum Gasteiger partial charge on any atom is 0.407 e. The first-order chi connectivity index (χ1) is 13.6. The average molecular weight is 380 g/mol. The third-order valence-electron chi connectivity index (χ3n) is 5.33. The lowest BCUT2D eigenvalue weighted by Crippen LogP contribution is -2.49. The summed E-state index contributed by atoms with van der Waals surface area (Å²) < 4.78 is 11.0. The number of aryl methyl sites for hydroxylation is 1. The summed E-state index contributed by atoms with van der Waals surface area (Å²) in [6.07, 6.45) is 1.21. The number of benzene rings is 2. The van der Waals surface area contributed by atoms with Gasteiger partial charge >= 0.3 is 6.09 Å². The van der Waals surface area contributed by atoms with Crippen LogP contribution in [0.25, 0.3) is 21.7 Å². The highest BCUT2D eigenvalue weighted by molar-refractivity contribution is 6.08. The molecule has 4 rings (SSSR count). The topological polar surface area (TPSA) is 71.8 Å². The number of piperidine rings is 1. The summed E-state index contributed by atoms with van der Waals surface area (Å²) in [6.45, 7) is 5.12. The molecule has 0 bridgehead atoms. The molecule has 2 heterocycles. The van der Waals surface area contributed by atoms with Crippen molar-refractivity contribution in [3.05, 3.63) is 47.7 Å². The van der Waals surface area contributed by atoms with Crippen LogP contribution < -0.4 is 5.32 Å². The number of likely N-dealkylation sites (tertiary alicyclic amines) is 1. The van der Waals surface area contributed by atoms with Gasteiger partial charge in [0, 0.05) is 35.5 Å². The Balaban J connectivity index is 1.60. The Labute approximate surface area is 163 Å². The number of nitrogens with one attached hydrogen (secondary N) is 1. The van der Waals surface area contributed by atoms with E-state index >= 15 is 0 Å². The largest absolute Gasteiger partial charge is 0.450 e. The lowest BCUT2D eigenvalue weighted by atomic mass is 10.0. The number of carbonyl (C=O) groups excluding carboxylic acids is 2. The zero-order chi connectivity index (χ0) is 19.7. The maximum atomic E-state index is 13.2. The van der Waals surface area contributed by atoms with Gasteiger partial charge in [-0.1, -0.05) is 36.4 Å². The van der Waals surface area contributed by atoms with Crippen LogP contribution in [0, 0.1) is 6.92 Å². The molecule has 3 aromatic rings. The third kappa shape index (κ3) is 3.30. The van der Waals surface area contributed by atoms with Crippen LogP contribution in [-0.4, -0.2) is 42.6 Å². The highest BCUT2D eigenvalue weighted by Crippen LogP contribution is 2.32. The van der Waals surface area contributed by atoms with Crippen LogP contribution in [0.5, 0.6) is 0 Å². The number of amides is 2. The standard InChI is InChI=1S/C22H24N2O4/c1-3-27-22(26)23-16-8-6-12-24(13-16)21(25)19-14(2)17-11-10-15-7-4-5-9-18(15)20(17)28-19/h4-5,7,9-11,16H,3,6,8,12-13H2,1-2H3,(H,23,26)/t16-/m0/s1. The normalized spacial score (nSPS) is 17.1. The van der Waals surface area contributed by atoms with E-state index in [-0.39, 0.29) is 11.9 Å². The molecule has 6 heteroatoms. The molecule has 2 aromatic carbocycles. The first-order valence-corrected chi connectivity index (χ1v) is 9.72. The van der Waals surface area contributed by atoms with Crippen molar-refractivity contribution in [2.45, 2.75) is 32.7 Å². The number of fused-ring (bicyclic) bond motifs is 3. The lowest BCUT2D eigenvalue weighted by Gasteiger charge is -2.32. The molecule has 1 aromatic heterocycles. The molecule has 1 saturated heterocycles. The second-order valence-corrected chi connectivity index (χ2v) is 7.17. The number of furan rings is 1. The van der Waals surface area contributed by atoms with E-state index in [4.69, 9.17) is 9.15 Å². The Kier molecular flexibility index (Phi) is 4.94. The van der Waals surface area contributed by atoms with Gasteiger partial charge in [-0.15, -0.1) is 0 Å². The predicted molar refractivity (Wildman–Crippen MR) is 108 cm³/mol. The van der Waals surface area contributed by atoms with Crippen LogP contribution in [0.3, 0.4) is 0 Å². The van der Waals surface area contributed by atoms with Crippen molar-refractivity contribution in [2.24, 2.45) is 0 Å². The minimum absolute atomic E-state index is 0.109. The van der Waals surface area contributed by atoms with Crippen LogP contribution in [0.4, 0.5) is 4.79 Å². The van der Waals surface area contributed by atoms with Gasteiger partial charge in [-0.3, -0.25) is 4.79 Å². The van der Waals surface area contributed by atoms with Crippen molar-refractivity contribution < 1.29 is 18.7 Å². The monoisotopic (exact) mass is 380 g/mol. The second kappa shape index (κ2) is 7.54. The number of nitrogens with zero attached hydrogens (tertiary/aromatic N) is 1. The minimum Gasteiger partial charge on any atom is -0.450 e. The van der Waals surface area contributed by atoms with Crippen LogP contribution in [0.15, 0.2) is 40.8 Å². The Morgan fingerprint density at radius 1 is 1.21 bits per heavy atom. The number of ether oxygens (including phenoxy) is 1. The summed E-state index contributed by atoms with van der Waals surface area (Å²) in [5, 5.41) is 5.88.